The minimum atomic E-state index is -0.0669. The van der Waals surface area contributed by atoms with E-state index in [1.54, 1.807) is 0 Å². The van der Waals surface area contributed by atoms with Crippen LogP contribution in [0.5, 0.6) is 5.75 Å². The van der Waals surface area contributed by atoms with E-state index in [-0.39, 0.29) is 18.6 Å². The summed E-state index contributed by atoms with van der Waals surface area (Å²) in [4.78, 5) is 9.24. The van der Waals surface area contributed by atoms with Crippen LogP contribution in [0.15, 0.2) is 30.3 Å². The van der Waals surface area contributed by atoms with E-state index in [1.165, 1.54) is 12.8 Å². The van der Waals surface area contributed by atoms with E-state index in [2.05, 4.69) is 34.4 Å². The number of hydrogen-bond acceptors (Lipinski definition) is 6. The highest BCUT2D eigenvalue weighted by atomic mass is 16.5. The molecule has 0 radical (unpaired) electrons. The number of anilines is 3. The lowest BCUT2D eigenvalue weighted by molar-refractivity contribution is 0.248. The second-order valence-corrected chi connectivity index (χ2v) is 7.04. The van der Waals surface area contributed by atoms with Gasteiger partial charge in [0, 0.05) is 17.7 Å². The third kappa shape index (κ3) is 4.85. The van der Waals surface area contributed by atoms with E-state index in [0.717, 1.165) is 22.9 Å². The SMILES string of the molecule is CCOc1ccc(Nc2cc(C3CC3)nc(N[C@H](CO)C(C)C)n2)cc1. The smallest absolute Gasteiger partial charge is 0.225 e. The Kier molecular flexibility index (Phi) is 5.93. The quantitative estimate of drug-likeness (QED) is 0.632. The van der Waals surface area contributed by atoms with Gasteiger partial charge in [0.2, 0.25) is 5.95 Å². The van der Waals surface area contributed by atoms with Crippen LogP contribution < -0.4 is 15.4 Å². The van der Waals surface area contributed by atoms with Gasteiger partial charge in [-0.1, -0.05) is 13.8 Å². The Hall–Kier alpha value is -2.34. The summed E-state index contributed by atoms with van der Waals surface area (Å²) in [6, 6.07) is 9.78. The molecule has 1 fully saturated rings. The van der Waals surface area contributed by atoms with Crippen molar-refractivity contribution in [2.75, 3.05) is 23.8 Å². The Morgan fingerprint density at radius 2 is 1.92 bits per heavy atom. The highest BCUT2D eigenvalue weighted by molar-refractivity contribution is 5.59. The van der Waals surface area contributed by atoms with Crippen LogP contribution in [0, 0.1) is 5.92 Å². The zero-order valence-corrected chi connectivity index (χ0v) is 15.7. The molecule has 0 spiro atoms. The average Bonchev–Trinajstić information content (AvgIpc) is 3.46. The van der Waals surface area contributed by atoms with Crippen molar-refractivity contribution in [1.82, 2.24) is 9.97 Å². The van der Waals surface area contributed by atoms with E-state index < -0.39 is 0 Å². The molecule has 0 bridgehead atoms. The van der Waals surface area contributed by atoms with Crippen LogP contribution in [0.1, 0.15) is 45.2 Å². The van der Waals surface area contributed by atoms with Gasteiger partial charge >= 0.3 is 0 Å². The van der Waals surface area contributed by atoms with Crippen molar-refractivity contribution in [2.24, 2.45) is 5.92 Å². The molecule has 6 heteroatoms. The minimum Gasteiger partial charge on any atom is -0.494 e. The van der Waals surface area contributed by atoms with Crippen LogP contribution in [0.25, 0.3) is 0 Å². The van der Waals surface area contributed by atoms with E-state index in [1.807, 2.05) is 37.3 Å². The first-order chi connectivity index (χ1) is 12.6. The van der Waals surface area contributed by atoms with Gasteiger partial charge in [-0.25, -0.2) is 4.98 Å². The molecular weight excluding hydrogens is 328 g/mol. The number of benzene rings is 1. The summed E-state index contributed by atoms with van der Waals surface area (Å²) < 4.78 is 5.48. The third-order valence-electron chi connectivity index (χ3n) is 4.50. The van der Waals surface area contributed by atoms with Gasteiger partial charge in [-0.2, -0.15) is 4.98 Å². The number of hydrogen-bond donors (Lipinski definition) is 3. The molecular formula is C20H28N4O2. The molecule has 1 aliphatic rings. The number of ether oxygens (including phenoxy) is 1. The van der Waals surface area contributed by atoms with Crippen LogP contribution in [0.3, 0.4) is 0 Å². The zero-order valence-electron chi connectivity index (χ0n) is 15.7. The number of aliphatic hydroxyl groups is 1. The number of aromatic nitrogens is 2. The van der Waals surface area contributed by atoms with Crippen molar-refractivity contribution in [3.63, 3.8) is 0 Å². The Morgan fingerprint density at radius 1 is 1.19 bits per heavy atom. The van der Waals surface area contributed by atoms with Crippen LogP contribution in [0.2, 0.25) is 0 Å². The highest BCUT2D eigenvalue weighted by Crippen LogP contribution is 2.40. The highest BCUT2D eigenvalue weighted by Gasteiger charge is 2.26. The monoisotopic (exact) mass is 356 g/mol. The molecule has 3 N–H and O–H groups in total. The van der Waals surface area contributed by atoms with E-state index in [0.29, 0.717) is 18.5 Å². The Balaban J connectivity index is 1.79. The van der Waals surface area contributed by atoms with Crippen molar-refractivity contribution in [3.8, 4) is 5.75 Å². The van der Waals surface area contributed by atoms with Gasteiger partial charge in [-0.05, 0) is 49.9 Å². The molecule has 1 saturated carbocycles. The number of rotatable bonds is 9. The van der Waals surface area contributed by atoms with Gasteiger partial charge in [0.25, 0.3) is 0 Å². The Labute approximate surface area is 155 Å². The van der Waals surface area contributed by atoms with Gasteiger partial charge < -0.3 is 20.5 Å². The van der Waals surface area contributed by atoms with Crippen molar-refractivity contribution < 1.29 is 9.84 Å². The predicted octanol–water partition coefficient (Wildman–Crippen LogP) is 3.93. The molecule has 0 saturated heterocycles. The molecule has 1 aromatic heterocycles. The molecule has 0 amide bonds. The molecule has 140 valence electrons. The predicted molar refractivity (Wildman–Crippen MR) is 104 cm³/mol. The molecule has 26 heavy (non-hydrogen) atoms. The maximum absolute atomic E-state index is 9.58. The maximum Gasteiger partial charge on any atom is 0.225 e. The molecule has 3 rings (SSSR count). The molecule has 1 aromatic carbocycles. The molecule has 0 aliphatic heterocycles. The summed E-state index contributed by atoms with van der Waals surface area (Å²) >= 11 is 0. The van der Waals surface area contributed by atoms with E-state index >= 15 is 0 Å². The maximum atomic E-state index is 9.58. The van der Waals surface area contributed by atoms with E-state index in [4.69, 9.17) is 4.74 Å². The van der Waals surface area contributed by atoms with Crippen LogP contribution >= 0.6 is 0 Å². The largest absolute Gasteiger partial charge is 0.494 e. The third-order valence-corrected chi connectivity index (χ3v) is 4.50. The van der Waals surface area contributed by atoms with Gasteiger partial charge in [0.1, 0.15) is 11.6 Å². The first-order valence-electron chi connectivity index (χ1n) is 9.35. The zero-order chi connectivity index (χ0) is 18.5. The lowest BCUT2D eigenvalue weighted by Gasteiger charge is -2.20. The second-order valence-electron chi connectivity index (χ2n) is 7.04. The molecule has 1 aliphatic carbocycles. The summed E-state index contributed by atoms with van der Waals surface area (Å²) in [6.07, 6.45) is 2.35. The van der Waals surface area contributed by atoms with Gasteiger partial charge in [-0.15, -0.1) is 0 Å². The fourth-order valence-corrected chi connectivity index (χ4v) is 2.72. The summed E-state index contributed by atoms with van der Waals surface area (Å²) in [7, 11) is 0. The van der Waals surface area contributed by atoms with Gasteiger partial charge in [0.15, 0.2) is 0 Å². The summed E-state index contributed by atoms with van der Waals surface area (Å²) in [5.74, 6) is 2.98. The molecule has 1 heterocycles. The Bertz CT molecular complexity index is 714. The van der Waals surface area contributed by atoms with Crippen LogP contribution in [0.4, 0.5) is 17.5 Å². The lowest BCUT2D eigenvalue weighted by Crippen LogP contribution is -2.30. The second kappa shape index (κ2) is 8.36. The summed E-state index contributed by atoms with van der Waals surface area (Å²) in [5.41, 5.74) is 2.00. The van der Waals surface area contributed by atoms with Gasteiger partial charge in [-0.3, -0.25) is 0 Å². The first-order valence-corrected chi connectivity index (χ1v) is 9.35. The number of aliphatic hydroxyl groups excluding tert-OH is 1. The van der Waals surface area contributed by atoms with Crippen molar-refractivity contribution in [3.05, 3.63) is 36.0 Å². The summed E-state index contributed by atoms with van der Waals surface area (Å²) in [6.45, 7) is 6.81. The summed E-state index contributed by atoms with van der Waals surface area (Å²) in [5, 5.41) is 16.2. The average molecular weight is 356 g/mol. The number of nitrogens with one attached hydrogen (secondary N) is 2. The van der Waals surface area contributed by atoms with Crippen molar-refractivity contribution in [1.29, 1.82) is 0 Å². The Morgan fingerprint density at radius 3 is 2.50 bits per heavy atom. The topological polar surface area (TPSA) is 79.3 Å². The fraction of sp³-hybridized carbons (Fsp3) is 0.500. The first kappa shape index (κ1) is 18.5. The van der Waals surface area contributed by atoms with Crippen LogP contribution in [-0.4, -0.2) is 34.3 Å². The standard InChI is InChI=1S/C20H28N4O2/c1-4-26-16-9-7-15(8-10-16)21-19-11-17(14-5-6-14)22-20(24-19)23-18(12-25)13(2)3/h7-11,13-14,18,25H,4-6,12H2,1-3H3,(H2,21,22,23,24)/t18-/m1/s1. The number of nitrogens with zero attached hydrogens (tertiary/aromatic N) is 2. The normalized spacial score (nSPS) is 15.0. The lowest BCUT2D eigenvalue weighted by atomic mass is 10.1. The molecule has 6 nitrogen and oxygen atoms in total. The van der Waals surface area contributed by atoms with E-state index in [9.17, 15) is 5.11 Å². The minimum absolute atomic E-state index is 0.0519. The molecule has 0 unspecified atom stereocenters. The molecule has 1 atom stereocenters. The van der Waals surface area contributed by atoms with Crippen molar-refractivity contribution in [2.45, 2.75) is 45.6 Å². The van der Waals surface area contributed by atoms with Crippen molar-refractivity contribution >= 4 is 17.5 Å². The van der Waals surface area contributed by atoms with Crippen LogP contribution in [-0.2, 0) is 0 Å². The van der Waals surface area contributed by atoms with Gasteiger partial charge in [0.05, 0.1) is 24.9 Å². The molecule has 2 aromatic rings. The fourth-order valence-electron chi connectivity index (χ4n) is 2.72.